The summed E-state index contributed by atoms with van der Waals surface area (Å²) in [5, 5.41) is 5.79. The monoisotopic (exact) mass is 403 g/mol. The van der Waals surface area contributed by atoms with E-state index in [9.17, 15) is 14.4 Å². The molecule has 0 unspecified atom stereocenters. The van der Waals surface area contributed by atoms with Crippen molar-refractivity contribution >= 4 is 17.8 Å². The van der Waals surface area contributed by atoms with E-state index in [0.717, 1.165) is 24.2 Å². The lowest BCUT2D eigenvalue weighted by atomic mass is 9.98. The normalized spacial score (nSPS) is 19.0. The molecule has 3 rings (SSSR count). The largest absolute Gasteiger partial charge is 0.497 e. The van der Waals surface area contributed by atoms with Crippen molar-refractivity contribution in [1.29, 1.82) is 0 Å². The van der Waals surface area contributed by atoms with Crippen molar-refractivity contribution in [2.75, 3.05) is 34.3 Å². The molecule has 1 aliphatic heterocycles. The highest BCUT2D eigenvalue weighted by Gasteiger charge is 2.52. The number of carbonyl (C=O) groups is 3. The summed E-state index contributed by atoms with van der Waals surface area (Å²) in [7, 11) is 5.70. The standard InChI is InChI=1S/C21H30N4O4/c1-24(2)17(15-6-8-16(29-3)9-7-15)14-22-18(26)10-13-25-19(27)21(23-20(25)28)11-4-5-12-21/h6-9,17H,4-5,10-14H2,1-3H3,(H,22,26)(H,23,28)/p+1/t17-/m1/s1. The third kappa shape index (κ3) is 4.53. The maximum absolute atomic E-state index is 12.6. The van der Waals surface area contributed by atoms with Gasteiger partial charge in [0.05, 0.1) is 27.7 Å². The van der Waals surface area contributed by atoms with E-state index in [1.807, 2.05) is 38.4 Å². The Kier molecular flexibility index (Phi) is 6.42. The van der Waals surface area contributed by atoms with Crippen molar-refractivity contribution < 1.29 is 24.0 Å². The van der Waals surface area contributed by atoms with E-state index < -0.39 is 5.54 Å². The Morgan fingerprint density at radius 3 is 2.48 bits per heavy atom. The Morgan fingerprint density at radius 1 is 1.24 bits per heavy atom. The molecule has 158 valence electrons. The molecule has 8 nitrogen and oxygen atoms in total. The Balaban J connectivity index is 1.52. The molecule has 0 aromatic heterocycles. The first-order chi connectivity index (χ1) is 13.9. The summed E-state index contributed by atoms with van der Waals surface area (Å²) in [4.78, 5) is 39.6. The highest BCUT2D eigenvalue weighted by Crippen LogP contribution is 2.35. The van der Waals surface area contributed by atoms with Crippen molar-refractivity contribution in [3.8, 4) is 5.75 Å². The zero-order valence-electron chi connectivity index (χ0n) is 17.4. The van der Waals surface area contributed by atoms with Crippen LogP contribution in [0.5, 0.6) is 5.75 Å². The predicted octanol–water partition coefficient (Wildman–Crippen LogP) is 0.252. The van der Waals surface area contributed by atoms with E-state index in [0.29, 0.717) is 19.4 Å². The fourth-order valence-corrected chi connectivity index (χ4v) is 4.21. The minimum Gasteiger partial charge on any atom is -0.497 e. The molecule has 1 aliphatic carbocycles. The summed E-state index contributed by atoms with van der Waals surface area (Å²) in [5.74, 6) is 0.443. The summed E-state index contributed by atoms with van der Waals surface area (Å²) in [6.45, 7) is 0.581. The number of quaternary nitrogens is 1. The van der Waals surface area contributed by atoms with E-state index in [2.05, 4.69) is 10.6 Å². The van der Waals surface area contributed by atoms with Gasteiger partial charge in [-0.15, -0.1) is 0 Å². The van der Waals surface area contributed by atoms with Gasteiger partial charge >= 0.3 is 6.03 Å². The van der Waals surface area contributed by atoms with Crippen LogP contribution in [0.4, 0.5) is 4.79 Å². The van der Waals surface area contributed by atoms with Crippen LogP contribution in [0.1, 0.15) is 43.7 Å². The first-order valence-electron chi connectivity index (χ1n) is 10.2. The highest BCUT2D eigenvalue weighted by atomic mass is 16.5. The average Bonchev–Trinajstić information content (AvgIpc) is 3.26. The fraction of sp³-hybridized carbons (Fsp3) is 0.571. The van der Waals surface area contributed by atoms with Gasteiger partial charge in [-0.1, -0.05) is 12.8 Å². The third-order valence-corrected chi connectivity index (χ3v) is 5.98. The van der Waals surface area contributed by atoms with Gasteiger partial charge in [0.25, 0.3) is 5.91 Å². The number of imide groups is 1. The smallest absolute Gasteiger partial charge is 0.325 e. The van der Waals surface area contributed by atoms with Crippen molar-refractivity contribution in [2.24, 2.45) is 0 Å². The van der Waals surface area contributed by atoms with Gasteiger partial charge in [0.15, 0.2) is 0 Å². The topological polar surface area (TPSA) is 92.2 Å². The summed E-state index contributed by atoms with van der Waals surface area (Å²) in [6.07, 6.45) is 3.37. The Hall–Kier alpha value is -2.61. The van der Waals surface area contributed by atoms with Crippen LogP contribution in [0.3, 0.4) is 0 Å². The SMILES string of the molecule is COc1ccc([C@@H](CNC(=O)CCN2C(=O)NC3(CCCC3)C2=O)[NH+](C)C)cc1. The van der Waals surface area contributed by atoms with E-state index >= 15 is 0 Å². The molecule has 1 saturated heterocycles. The Morgan fingerprint density at radius 2 is 1.90 bits per heavy atom. The lowest BCUT2D eigenvalue weighted by molar-refractivity contribution is -0.890. The molecule has 2 aliphatic rings. The minimum atomic E-state index is -0.721. The number of rotatable bonds is 8. The second-order valence-electron chi connectivity index (χ2n) is 8.13. The number of likely N-dealkylation sites (N-methyl/N-ethyl adjacent to an activating group) is 1. The number of benzene rings is 1. The average molecular weight is 404 g/mol. The van der Waals surface area contributed by atoms with Gasteiger partial charge in [-0.3, -0.25) is 14.5 Å². The lowest BCUT2D eigenvalue weighted by Crippen LogP contribution is -3.07. The number of hydrogen-bond acceptors (Lipinski definition) is 4. The van der Waals surface area contributed by atoms with Crippen LogP contribution in [0.2, 0.25) is 0 Å². The van der Waals surface area contributed by atoms with Crippen molar-refractivity contribution in [2.45, 2.75) is 43.7 Å². The molecule has 1 spiro atoms. The number of amides is 4. The summed E-state index contributed by atoms with van der Waals surface area (Å²) in [6, 6.07) is 7.52. The van der Waals surface area contributed by atoms with Crippen LogP contribution in [0.25, 0.3) is 0 Å². The number of nitrogens with one attached hydrogen (secondary N) is 3. The fourth-order valence-electron chi connectivity index (χ4n) is 4.21. The highest BCUT2D eigenvalue weighted by molar-refractivity contribution is 6.07. The first-order valence-corrected chi connectivity index (χ1v) is 10.2. The van der Waals surface area contributed by atoms with Crippen LogP contribution >= 0.6 is 0 Å². The number of ether oxygens (including phenoxy) is 1. The van der Waals surface area contributed by atoms with Crippen LogP contribution in [0, 0.1) is 0 Å². The summed E-state index contributed by atoms with van der Waals surface area (Å²) >= 11 is 0. The molecule has 1 aromatic rings. The minimum absolute atomic E-state index is 0.0864. The first kappa shape index (κ1) is 21.1. The predicted molar refractivity (Wildman–Crippen MR) is 108 cm³/mol. The van der Waals surface area contributed by atoms with Gasteiger partial charge in [-0.05, 0) is 37.1 Å². The van der Waals surface area contributed by atoms with E-state index in [4.69, 9.17) is 4.74 Å². The summed E-state index contributed by atoms with van der Waals surface area (Å²) in [5.41, 5.74) is 0.379. The third-order valence-electron chi connectivity index (χ3n) is 5.98. The van der Waals surface area contributed by atoms with Gasteiger partial charge < -0.3 is 20.3 Å². The molecule has 8 heteroatoms. The quantitative estimate of drug-likeness (QED) is 0.543. The van der Waals surface area contributed by atoms with Crippen molar-refractivity contribution in [1.82, 2.24) is 15.5 Å². The van der Waals surface area contributed by atoms with Crippen molar-refractivity contribution in [3.05, 3.63) is 29.8 Å². The number of urea groups is 1. The van der Waals surface area contributed by atoms with E-state index in [-0.39, 0.29) is 36.9 Å². The molecule has 1 aromatic carbocycles. The Labute approximate surface area is 171 Å². The molecule has 2 fully saturated rings. The number of carbonyl (C=O) groups excluding carboxylic acids is 3. The molecular formula is C21H31N4O4+. The molecule has 3 N–H and O–H groups in total. The molecule has 1 saturated carbocycles. The molecule has 1 atom stereocenters. The van der Waals surface area contributed by atoms with Crippen molar-refractivity contribution in [3.63, 3.8) is 0 Å². The lowest BCUT2D eigenvalue weighted by Gasteiger charge is -2.23. The maximum atomic E-state index is 12.6. The van der Waals surface area contributed by atoms with Gasteiger partial charge in [-0.2, -0.15) is 0 Å². The van der Waals surface area contributed by atoms with E-state index in [1.54, 1.807) is 7.11 Å². The summed E-state index contributed by atoms with van der Waals surface area (Å²) < 4.78 is 5.20. The van der Waals surface area contributed by atoms with Gasteiger partial charge in [0, 0.05) is 18.5 Å². The zero-order valence-corrected chi connectivity index (χ0v) is 17.4. The second kappa shape index (κ2) is 8.82. The number of nitrogens with zero attached hydrogens (tertiary/aromatic N) is 1. The molecular weight excluding hydrogens is 372 g/mol. The van der Waals surface area contributed by atoms with E-state index in [1.165, 1.54) is 9.80 Å². The second-order valence-corrected chi connectivity index (χ2v) is 8.13. The van der Waals surface area contributed by atoms with Gasteiger partial charge in [-0.25, -0.2) is 4.79 Å². The molecule has 29 heavy (non-hydrogen) atoms. The zero-order chi connectivity index (χ0) is 21.0. The van der Waals surface area contributed by atoms with Crippen LogP contribution < -0.4 is 20.3 Å². The number of hydrogen-bond donors (Lipinski definition) is 3. The molecule has 4 amide bonds. The molecule has 0 radical (unpaired) electrons. The number of methoxy groups -OCH3 is 1. The van der Waals surface area contributed by atoms with Gasteiger partial charge in [0.2, 0.25) is 5.91 Å². The Bertz CT molecular complexity index is 756. The van der Waals surface area contributed by atoms with Crippen LogP contribution in [-0.2, 0) is 9.59 Å². The molecule has 1 heterocycles. The molecule has 0 bridgehead atoms. The van der Waals surface area contributed by atoms with Gasteiger partial charge in [0.1, 0.15) is 17.3 Å². The maximum Gasteiger partial charge on any atom is 0.325 e. The van der Waals surface area contributed by atoms with Crippen LogP contribution in [-0.4, -0.2) is 62.6 Å². The van der Waals surface area contributed by atoms with Crippen LogP contribution in [0.15, 0.2) is 24.3 Å².